The Kier molecular flexibility index (Phi) is 5.19. The molecule has 4 rings (SSSR count). The second-order valence-electron chi connectivity index (χ2n) is 6.80. The number of hydrogen-bond donors (Lipinski definition) is 1. The van der Waals surface area contributed by atoms with Crippen LogP contribution in [0.25, 0.3) is 0 Å². The second-order valence-corrected chi connectivity index (χ2v) is 7.88. The van der Waals surface area contributed by atoms with E-state index in [0.29, 0.717) is 17.3 Å². The van der Waals surface area contributed by atoms with E-state index in [2.05, 4.69) is 22.2 Å². The zero-order chi connectivity index (χ0) is 17.9. The number of rotatable bonds is 5. The number of carbonyl (C=O) groups is 1. The van der Waals surface area contributed by atoms with Crippen molar-refractivity contribution >= 4 is 22.4 Å². The average molecular weight is 373 g/mol. The van der Waals surface area contributed by atoms with Gasteiger partial charge in [-0.3, -0.25) is 10.1 Å². The zero-order valence-corrected chi connectivity index (χ0v) is 15.7. The van der Waals surface area contributed by atoms with Crippen molar-refractivity contribution in [2.24, 2.45) is 0 Å². The smallest absolute Gasteiger partial charge is 0.257 e. The molecule has 1 atom stereocenters. The molecule has 0 aliphatic carbocycles. The van der Waals surface area contributed by atoms with E-state index in [4.69, 9.17) is 9.47 Å². The first-order chi connectivity index (χ1) is 12.7. The highest BCUT2D eigenvalue weighted by molar-refractivity contribution is 7.15. The van der Waals surface area contributed by atoms with Gasteiger partial charge in [0.2, 0.25) is 0 Å². The molecule has 1 N–H and O–H groups in total. The highest BCUT2D eigenvalue weighted by Crippen LogP contribution is 2.28. The van der Waals surface area contributed by atoms with E-state index in [0.717, 1.165) is 50.4 Å². The molecule has 0 unspecified atom stereocenters. The van der Waals surface area contributed by atoms with Crippen molar-refractivity contribution in [3.05, 3.63) is 40.4 Å². The van der Waals surface area contributed by atoms with E-state index < -0.39 is 0 Å². The van der Waals surface area contributed by atoms with Crippen LogP contribution in [0.5, 0.6) is 5.75 Å². The summed E-state index contributed by atoms with van der Waals surface area (Å²) in [5.41, 5.74) is 1.71. The Bertz CT molecular complexity index is 769. The summed E-state index contributed by atoms with van der Waals surface area (Å²) in [6, 6.07) is 7.21. The fourth-order valence-corrected chi connectivity index (χ4v) is 4.30. The van der Waals surface area contributed by atoms with Gasteiger partial charge in [-0.2, -0.15) is 0 Å². The molecule has 1 aromatic heterocycles. The van der Waals surface area contributed by atoms with Crippen molar-refractivity contribution in [3.8, 4) is 5.75 Å². The van der Waals surface area contributed by atoms with Gasteiger partial charge in [0.05, 0.1) is 11.8 Å². The number of nitrogens with one attached hydrogen (secondary N) is 1. The average Bonchev–Trinajstić information content (AvgIpc) is 3.29. The highest BCUT2D eigenvalue weighted by Gasteiger charge is 2.19. The Hall–Kier alpha value is -1.96. The number of hydrogen-bond acceptors (Lipinski definition) is 6. The van der Waals surface area contributed by atoms with Crippen molar-refractivity contribution in [3.63, 3.8) is 0 Å². The van der Waals surface area contributed by atoms with Gasteiger partial charge < -0.3 is 14.4 Å². The topological polar surface area (TPSA) is 63.7 Å². The second kappa shape index (κ2) is 7.73. The highest BCUT2D eigenvalue weighted by atomic mass is 32.1. The predicted molar refractivity (Wildman–Crippen MR) is 101 cm³/mol. The number of fused-ring (bicyclic) bond motifs is 1. The number of aromatic nitrogens is 1. The van der Waals surface area contributed by atoms with Crippen LogP contribution in [0.2, 0.25) is 0 Å². The Labute approximate surface area is 157 Å². The van der Waals surface area contributed by atoms with Crippen molar-refractivity contribution < 1.29 is 14.3 Å². The third kappa shape index (κ3) is 4.06. The maximum Gasteiger partial charge on any atom is 0.257 e. The lowest BCUT2D eigenvalue weighted by molar-refractivity contribution is 0.0679. The Morgan fingerprint density at radius 2 is 2.27 bits per heavy atom. The van der Waals surface area contributed by atoms with E-state index in [-0.39, 0.29) is 12.0 Å². The van der Waals surface area contributed by atoms with Crippen LogP contribution in [0.1, 0.15) is 33.8 Å². The van der Waals surface area contributed by atoms with E-state index in [1.807, 2.05) is 12.1 Å². The quantitative estimate of drug-likeness (QED) is 0.873. The van der Waals surface area contributed by atoms with Crippen LogP contribution >= 0.6 is 11.3 Å². The molecular formula is C19H23N3O3S. The number of thiazole rings is 1. The predicted octanol–water partition coefficient (Wildman–Crippen LogP) is 2.94. The molecule has 0 saturated carbocycles. The monoisotopic (exact) mass is 373 g/mol. The molecule has 0 bridgehead atoms. The Balaban J connectivity index is 1.34. The van der Waals surface area contributed by atoms with Crippen LogP contribution in [0, 0.1) is 0 Å². The fourth-order valence-electron chi connectivity index (χ4n) is 3.21. The van der Waals surface area contributed by atoms with Crippen molar-refractivity contribution in [2.45, 2.75) is 31.9 Å². The number of anilines is 1. The Morgan fingerprint density at radius 1 is 1.42 bits per heavy atom. The first kappa shape index (κ1) is 17.5. The van der Waals surface area contributed by atoms with Gasteiger partial charge in [-0.25, -0.2) is 4.98 Å². The first-order valence-corrected chi connectivity index (χ1v) is 9.82. The summed E-state index contributed by atoms with van der Waals surface area (Å²) in [6.45, 7) is 3.30. The summed E-state index contributed by atoms with van der Waals surface area (Å²) in [6.07, 6.45) is 3.28. The number of benzene rings is 1. The maximum absolute atomic E-state index is 12.5. The van der Waals surface area contributed by atoms with Gasteiger partial charge in [-0.15, -0.1) is 11.3 Å². The lowest BCUT2D eigenvalue weighted by atomic mass is 10.2. The van der Waals surface area contributed by atoms with E-state index in [9.17, 15) is 4.79 Å². The summed E-state index contributed by atoms with van der Waals surface area (Å²) in [5.74, 6) is 0.611. The molecule has 1 saturated heterocycles. The largest absolute Gasteiger partial charge is 0.491 e. The molecule has 1 fully saturated rings. The van der Waals surface area contributed by atoms with E-state index in [1.54, 1.807) is 23.5 Å². The SMILES string of the molecule is CN1CCc2nc(NC(=O)c3ccc(OC[C@H]4CCCO4)cc3)sc2C1. The standard InChI is InChI=1S/C19H23N3O3S/c1-22-9-8-16-17(11-22)26-19(20-16)21-18(23)13-4-6-14(7-5-13)25-12-15-3-2-10-24-15/h4-7,15H,2-3,8-12H2,1H3,(H,20,21,23)/t15-/m1/s1. The summed E-state index contributed by atoms with van der Waals surface area (Å²) < 4.78 is 11.3. The fraction of sp³-hybridized carbons (Fsp3) is 0.474. The zero-order valence-electron chi connectivity index (χ0n) is 14.9. The van der Waals surface area contributed by atoms with Gasteiger partial charge >= 0.3 is 0 Å². The van der Waals surface area contributed by atoms with Crippen LogP contribution in [0.15, 0.2) is 24.3 Å². The number of nitrogens with zero attached hydrogens (tertiary/aromatic N) is 2. The van der Waals surface area contributed by atoms with E-state index in [1.165, 1.54) is 4.88 Å². The third-order valence-corrected chi connectivity index (χ3v) is 5.72. The summed E-state index contributed by atoms with van der Waals surface area (Å²) in [4.78, 5) is 20.5. The molecule has 6 nitrogen and oxygen atoms in total. The molecule has 1 amide bonds. The molecule has 138 valence electrons. The summed E-state index contributed by atoms with van der Waals surface area (Å²) in [7, 11) is 2.10. The van der Waals surface area contributed by atoms with Gasteiger partial charge in [0.15, 0.2) is 5.13 Å². The molecule has 1 aromatic carbocycles. The van der Waals surface area contributed by atoms with Gasteiger partial charge in [-0.05, 0) is 44.2 Å². The van der Waals surface area contributed by atoms with Gasteiger partial charge in [0, 0.05) is 36.6 Å². The molecule has 2 aromatic rings. The number of carbonyl (C=O) groups excluding carboxylic acids is 1. The van der Waals surface area contributed by atoms with Crippen molar-refractivity contribution in [2.75, 3.05) is 32.1 Å². The molecule has 0 radical (unpaired) electrons. The number of ether oxygens (including phenoxy) is 2. The van der Waals surface area contributed by atoms with E-state index >= 15 is 0 Å². The molecule has 2 aliphatic rings. The molecule has 3 heterocycles. The molecule has 0 spiro atoms. The molecule has 26 heavy (non-hydrogen) atoms. The third-order valence-electron chi connectivity index (χ3n) is 4.72. The number of amides is 1. The molecule has 2 aliphatic heterocycles. The normalized spacial score (nSPS) is 20.0. The minimum absolute atomic E-state index is 0.143. The van der Waals surface area contributed by atoms with Gasteiger partial charge in [0.25, 0.3) is 5.91 Å². The summed E-state index contributed by atoms with van der Waals surface area (Å²) in [5, 5.41) is 3.59. The molecule has 7 heteroatoms. The lowest BCUT2D eigenvalue weighted by Gasteiger charge is -2.20. The first-order valence-electron chi connectivity index (χ1n) is 9.00. The van der Waals surface area contributed by atoms with Crippen LogP contribution < -0.4 is 10.1 Å². The van der Waals surface area contributed by atoms with Crippen LogP contribution in [-0.2, 0) is 17.7 Å². The maximum atomic E-state index is 12.5. The van der Waals surface area contributed by atoms with Gasteiger partial charge in [0.1, 0.15) is 12.4 Å². The minimum atomic E-state index is -0.143. The Morgan fingerprint density at radius 3 is 3.04 bits per heavy atom. The van der Waals surface area contributed by atoms with Gasteiger partial charge in [-0.1, -0.05) is 0 Å². The number of likely N-dealkylation sites (N-methyl/N-ethyl adjacent to an activating group) is 1. The van der Waals surface area contributed by atoms with Crippen LogP contribution in [0.4, 0.5) is 5.13 Å². The minimum Gasteiger partial charge on any atom is -0.491 e. The molecular weight excluding hydrogens is 350 g/mol. The van der Waals surface area contributed by atoms with Crippen LogP contribution in [-0.4, -0.2) is 48.7 Å². The van der Waals surface area contributed by atoms with Crippen molar-refractivity contribution in [1.82, 2.24) is 9.88 Å². The summed E-state index contributed by atoms with van der Waals surface area (Å²) >= 11 is 1.56. The van der Waals surface area contributed by atoms with Crippen molar-refractivity contribution in [1.29, 1.82) is 0 Å². The van der Waals surface area contributed by atoms with Crippen LogP contribution in [0.3, 0.4) is 0 Å². The lowest BCUT2D eigenvalue weighted by Crippen LogP contribution is -2.25.